The zero-order valence-electron chi connectivity index (χ0n) is 18.4. The van der Waals surface area contributed by atoms with E-state index < -0.39 is 9.84 Å². The molecule has 1 aromatic heterocycles. The normalized spacial score (nSPS) is 11.9. The number of fused-ring (bicyclic) bond motifs is 1. The van der Waals surface area contributed by atoms with Crippen LogP contribution in [-0.2, 0) is 16.9 Å². The number of rotatable bonds is 5. The predicted octanol–water partition coefficient (Wildman–Crippen LogP) is 2.08. The third-order valence-corrected chi connectivity index (χ3v) is 8.44. The molecule has 166 valence electrons. The van der Waals surface area contributed by atoms with E-state index in [-0.39, 0.29) is 24.0 Å². The van der Waals surface area contributed by atoms with Crippen LogP contribution in [0.25, 0.3) is 21.2 Å². The van der Waals surface area contributed by atoms with Crippen LogP contribution in [-0.4, -0.2) is 22.5 Å². The summed E-state index contributed by atoms with van der Waals surface area (Å²) in [5.41, 5.74) is 3.94. The maximum Gasteiger partial charge on any atom is 0.281 e. The zero-order valence-corrected chi connectivity index (χ0v) is 22.2. The van der Waals surface area contributed by atoms with E-state index in [9.17, 15) is 8.42 Å². The number of para-hydroxylation sites is 1. The fourth-order valence-electron chi connectivity index (χ4n) is 3.44. The Bertz CT molecular complexity index is 1370. The van der Waals surface area contributed by atoms with Crippen LogP contribution in [0.5, 0.6) is 0 Å². The van der Waals surface area contributed by atoms with Crippen molar-refractivity contribution < 1.29 is 37.0 Å². The molecule has 0 bridgehead atoms. The van der Waals surface area contributed by atoms with Crippen LogP contribution >= 0.6 is 11.3 Å². The summed E-state index contributed by atoms with van der Waals surface area (Å²) < 4.78 is 30.6. The Morgan fingerprint density at radius 3 is 2.16 bits per heavy atom. The van der Waals surface area contributed by atoms with Gasteiger partial charge in [-0.25, -0.2) is 8.42 Å². The van der Waals surface area contributed by atoms with Crippen LogP contribution in [0.2, 0.25) is 0 Å². The molecule has 0 aliphatic rings. The molecule has 0 unspecified atom stereocenters. The molecule has 4 nitrogen and oxygen atoms in total. The molecular formula is C25H25IN2O2S2. The van der Waals surface area contributed by atoms with Crippen molar-refractivity contribution in [1.82, 2.24) is 0 Å². The molecular weight excluding hydrogens is 551 g/mol. The SMILES string of the molecule is Cc1ccc(S(=O)(=O)C(=Cc2ccc(N(C)C)cc2)c2sc3ccccc3[n+]2C)cc1.[I-]. The molecule has 0 N–H and O–H groups in total. The van der Waals surface area contributed by atoms with Gasteiger partial charge in [-0.1, -0.05) is 53.3 Å². The number of thiazole rings is 1. The second-order valence-corrected chi connectivity index (χ2v) is 10.7. The number of hydrogen-bond donors (Lipinski definition) is 0. The molecule has 0 saturated carbocycles. The minimum atomic E-state index is -3.73. The lowest BCUT2D eigenvalue weighted by Crippen LogP contribution is -3.00. The van der Waals surface area contributed by atoms with E-state index in [4.69, 9.17) is 0 Å². The average Bonchev–Trinajstić information content (AvgIpc) is 3.09. The van der Waals surface area contributed by atoms with E-state index in [1.807, 2.05) is 98.2 Å². The number of hydrogen-bond acceptors (Lipinski definition) is 4. The van der Waals surface area contributed by atoms with Gasteiger partial charge in [-0.15, -0.1) is 0 Å². The van der Waals surface area contributed by atoms with Gasteiger partial charge in [0, 0.05) is 25.8 Å². The number of sulfone groups is 1. The highest BCUT2D eigenvalue weighted by Gasteiger charge is 2.31. The van der Waals surface area contributed by atoms with Gasteiger partial charge >= 0.3 is 0 Å². The third-order valence-electron chi connectivity index (χ3n) is 5.28. The van der Waals surface area contributed by atoms with Crippen molar-refractivity contribution >= 4 is 48.1 Å². The summed E-state index contributed by atoms with van der Waals surface area (Å²) in [5, 5.41) is 0.707. The molecule has 0 aliphatic heterocycles. The van der Waals surface area contributed by atoms with Gasteiger partial charge in [0.25, 0.3) is 5.01 Å². The Balaban J connectivity index is 0.00000289. The second kappa shape index (κ2) is 9.72. The molecule has 7 heteroatoms. The Labute approximate surface area is 210 Å². The van der Waals surface area contributed by atoms with Crippen molar-refractivity contribution in [2.45, 2.75) is 11.8 Å². The highest BCUT2D eigenvalue weighted by molar-refractivity contribution is 8.01. The van der Waals surface area contributed by atoms with Crippen molar-refractivity contribution in [2.75, 3.05) is 19.0 Å². The number of nitrogens with zero attached hydrogens (tertiary/aromatic N) is 2. The highest BCUT2D eigenvalue weighted by Crippen LogP contribution is 2.34. The second-order valence-electron chi connectivity index (χ2n) is 7.74. The lowest BCUT2D eigenvalue weighted by molar-refractivity contribution is -0.642. The number of anilines is 1. The standard InChI is InChI=1S/C25H25N2O2S2.HI/c1-18-9-15-21(16-10-18)31(28,29)24(17-19-11-13-20(14-12-19)26(2)3)25-27(4)22-7-5-6-8-23(22)30-25;/h5-17H,1-4H3;1H/q+1;/p-1. The van der Waals surface area contributed by atoms with Crippen LogP contribution in [0.4, 0.5) is 5.69 Å². The lowest BCUT2D eigenvalue weighted by atomic mass is 10.2. The molecule has 0 fully saturated rings. The molecule has 0 saturated heterocycles. The lowest BCUT2D eigenvalue weighted by Gasteiger charge is -2.12. The Morgan fingerprint density at radius 1 is 0.938 bits per heavy atom. The largest absolute Gasteiger partial charge is 1.00 e. The molecule has 0 radical (unpaired) electrons. The Hall–Kier alpha value is -2.23. The van der Waals surface area contributed by atoms with Crippen LogP contribution in [0.1, 0.15) is 16.1 Å². The number of aromatic nitrogens is 1. The van der Waals surface area contributed by atoms with Crippen molar-refractivity contribution in [1.29, 1.82) is 0 Å². The maximum atomic E-state index is 13.8. The van der Waals surface area contributed by atoms with Gasteiger partial charge < -0.3 is 28.9 Å². The average molecular weight is 577 g/mol. The smallest absolute Gasteiger partial charge is 0.281 e. The summed E-state index contributed by atoms with van der Waals surface area (Å²) in [6.07, 6.45) is 1.78. The number of halogens is 1. The fourth-order valence-corrected chi connectivity index (χ4v) is 6.36. The summed E-state index contributed by atoms with van der Waals surface area (Å²) in [5.74, 6) is 0. The van der Waals surface area contributed by atoms with E-state index in [0.717, 1.165) is 27.0 Å². The molecule has 3 aromatic carbocycles. The van der Waals surface area contributed by atoms with Gasteiger partial charge in [0.05, 0.1) is 4.90 Å². The van der Waals surface area contributed by atoms with Crippen LogP contribution in [0, 0.1) is 6.92 Å². The van der Waals surface area contributed by atoms with Crippen molar-refractivity contribution in [3.05, 3.63) is 88.9 Å². The first-order chi connectivity index (χ1) is 14.8. The molecule has 0 aliphatic carbocycles. The summed E-state index contributed by atoms with van der Waals surface area (Å²) >= 11 is 1.49. The first-order valence-electron chi connectivity index (χ1n) is 9.96. The highest BCUT2D eigenvalue weighted by atomic mass is 127. The van der Waals surface area contributed by atoms with E-state index in [1.54, 1.807) is 18.2 Å². The van der Waals surface area contributed by atoms with Gasteiger partial charge in [-0.05, 0) is 48.9 Å². The molecule has 4 aromatic rings. The molecule has 1 heterocycles. The van der Waals surface area contributed by atoms with E-state index in [1.165, 1.54) is 11.3 Å². The van der Waals surface area contributed by atoms with Crippen LogP contribution in [0.15, 0.2) is 77.7 Å². The fraction of sp³-hybridized carbons (Fsp3) is 0.160. The molecule has 0 amide bonds. The minimum absolute atomic E-state index is 0. The van der Waals surface area contributed by atoms with Crippen molar-refractivity contribution in [2.24, 2.45) is 7.05 Å². The third kappa shape index (κ3) is 4.74. The monoisotopic (exact) mass is 576 g/mol. The van der Waals surface area contributed by atoms with Crippen molar-refractivity contribution in [3.63, 3.8) is 0 Å². The molecule has 32 heavy (non-hydrogen) atoms. The zero-order chi connectivity index (χ0) is 22.2. The predicted molar refractivity (Wildman–Crippen MR) is 130 cm³/mol. The molecule has 4 rings (SSSR count). The van der Waals surface area contributed by atoms with Gasteiger partial charge in [0.15, 0.2) is 4.91 Å². The van der Waals surface area contributed by atoms with Crippen LogP contribution < -0.4 is 33.4 Å². The number of aryl methyl sites for hydroxylation is 2. The summed E-state index contributed by atoms with van der Waals surface area (Å²) in [6.45, 7) is 1.95. The summed E-state index contributed by atoms with van der Waals surface area (Å²) in [7, 11) is 2.16. The van der Waals surface area contributed by atoms with E-state index in [2.05, 4.69) is 0 Å². The topological polar surface area (TPSA) is 41.3 Å². The summed E-state index contributed by atoms with van der Waals surface area (Å²) in [6, 6.07) is 22.9. The van der Waals surface area contributed by atoms with Gasteiger partial charge in [0.1, 0.15) is 11.7 Å². The summed E-state index contributed by atoms with van der Waals surface area (Å²) in [4.78, 5) is 2.62. The first kappa shape index (κ1) is 24.4. The van der Waals surface area contributed by atoms with Gasteiger partial charge in [-0.2, -0.15) is 4.57 Å². The molecule has 0 atom stereocenters. The van der Waals surface area contributed by atoms with Gasteiger partial charge in [0.2, 0.25) is 15.4 Å². The Kier molecular flexibility index (Phi) is 7.42. The quantitative estimate of drug-likeness (QED) is 0.270. The Morgan fingerprint density at radius 2 is 1.56 bits per heavy atom. The molecule has 0 spiro atoms. The minimum Gasteiger partial charge on any atom is -1.00 e. The maximum absolute atomic E-state index is 13.8. The van der Waals surface area contributed by atoms with E-state index in [0.29, 0.717) is 14.8 Å². The van der Waals surface area contributed by atoms with Gasteiger partial charge in [-0.3, -0.25) is 0 Å². The number of benzene rings is 3. The van der Waals surface area contributed by atoms with E-state index >= 15 is 0 Å². The van der Waals surface area contributed by atoms with Crippen LogP contribution in [0.3, 0.4) is 0 Å². The van der Waals surface area contributed by atoms with Crippen molar-refractivity contribution in [3.8, 4) is 0 Å². The first-order valence-corrected chi connectivity index (χ1v) is 12.3.